The van der Waals surface area contributed by atoms with Crippen LogP contribution in [0.15, 0.2) is 4.52 Å². The van der Waals surface area contributed by atoms with Crippen LogP contribution in [-0.4, -0.2) is 5.16 Å². The average Bonchev–Trinajstić information content (AvgIpc) is 2.46. The van der Waals surface area contributed by atoms with Crippen LogP contribution in [0.25, 0.3) is 0 Å². The van der Waals surface area contributed by atoms with Gasteiger partial charge in [0.25, 0.3) is 0 Å². The number of nitrogen functional groups attached to an aromatic ring is 1. The molecule has 0 saturated carbocycles. The lowest BCUT2D eigenvalue weighted by Crippen LogP contribution is -2.07. The Morgan fingerprint density at radius 3 is 2.27 bits per heavy atom. The van der Waals surface area contributed by atoms with Gasteiger partial charge in [-0.15, -0.1) is 0 Å². The van der Waals surface area contributed by atoms with E-state index in [1.165, 1.54) is 0 Å². The molecule has 0 aliphatic carbocycles. The first-order chi connectivity index (χ1) is 6.93. The lowest BCUT2D eigenvalue weighted by molar-refractivity contribution is 0.407. The highest BCUT2D eigenvalue weighted by Crippen LogP contribution is 2.30. The van der Waals surface area contributed by atoms with Crippen LogP contribution in [0.5, 0.6) is 0 Å². The topological polar surface area (TPSA) is 52.0 Å². The standard InChI is InChI=1S/C12H22N2O/c1-7(2)6-10-11(9(5)8(3)4)14-15-12(10)13/h7-9H,6,13H2,1-5H3. The zero-order valence-electron chi connectivity index (χ0n) is 10.4. The molecular formula is C12H22N2O. The minimum Gasteiger partial charge on any atom is -0.367 e. The van der Waals surface area contributed by atoms with Crippen molar-refractivity contribution in [1.29, 1.82) is 0 Å². The van der Waals surface area contributed by atoms with Gasteiger partial charge in [-0.25, -0.2) is 0 Å². The summed E-state index contributed by atoms with van der Waals surface area (Å²) in [5.41, 5.74) is 7.94. The molecule has 0 aliphatic heterocycles. The fourth-order valence-electron chi connectivity index (χ4n) is 1.62. The van der Waals surface area contributed by atoms with Crippen LogP contribution in [0.2, 0.25) is 0 Å². The van der Waals surface area contributed by atoms with Crippen LogP contribution >= 0.6 is 0 Å². The average molecular weight is 210 g/mol. The minimum absolute atomic E-state index is 0.403. The second-order valence-corrected chi connectivity index (χ2v) is 5.04. The van der Waals surface area contributed by atoms with Gasteiger partial charge >= 0.3 is 0 Å². The molecule has 1 unspecified atom stereocenters. The van der Waals surface area contributed by atoms with Gasteiger partial charge in [-0.05, 0) is 18.3 Å². The minimum atomic E-state index is 0.403. The maximum absolute atomic E-state index is 5.80. The highest BCUT2D eigenvalue weighted by Gasteiger charge is 2.21. The van der Waals surface area contributed by atoms with Gasteiger partial charge in [0.05, 0.1) is 5.69 Å². The molecule has 3 heteroatoms. The first-order valence-electron chi connectivity index (χ1n) is 5.67. The number of hydrogen-bond acceptors (Lipinski definition) is 3. The van der Waals surface area contributed by atoms with E-state index in [1.807, 2.05) is 0 Å². The Bertz CT molecular complexity index is 315. The SMILES string of the molecule is CC(C)Cc1c(C(C)C(C)C)noc1N. The van der Waals surface area contributed by atoms with Gasteiger partial charge in [0.1, 0.15) is 0 Å². The summed E-state index contributed by atoms with van der Waals surface area (Å²) in [5, 5.41) is 4.09. The summed E-state index contributed by atoms with van der Waals surface area (Å²) < 4.78 is 5.10. The van der Waals surface area contributed by atoms with Crippen LogP contribution in [0.3, 0.4) is 0 Å². The predicted octanol–water partition coefficient (Wildman–Crippen LogP) is 3.21. The van der Waals surface area contributed by atoms with Crippen molar-refractivity contribution in [3.63, 3.8) is 0 Å². The lowest BCUT2D eigenvalue weighted by Gasteiger charge is -2.14. The summed E-state index contributed by atoms with van der Waals surface area (Å²) in [6.07, 6.45) is 0.946. The Hall–Kier alpha value is -0.990. The Morgan fingerprint density at radius 2 is 1.80 bits per heavy atom. The molecule has 0 saturated heterocycles. The van der Waals surface area contributed by atoms with Crippen molar-refractivity contribution in [2.75, 3.05) is 5.73 Å². The molecule has 0 amide bonds. The number of rotatable bonds is 4. The smallest absolute Gasteiger partial charge is 0.225 e. The van der Waals surface area contributed by atoms with Crippen LogP contribution in [0.1, 0.15) is 51.8 Å². The fraction of sp³-hybridized carbons (Fsp3) is 0.750. The van der Waals surface area contributed by atoms with Gasteiger partial charge < -0.3 is 10.3 Å². The third-order valence-corrected chi connectivity index (χ3v) is 2.89. The highest BCUT2D eigenvalue weighted by molar-refractivity contribution is 5.40. The summed E-state index contributed by atoms with van der Waals surface area (Å²) in [4.78, 5) is 0. The van der Waals surface area contributed by atoms with Gasteiger partial charge in [-0.1, -0.05) is 39.8 Å². The number of anilines is 1. The maximum Gasteiger partial charge on any atom is 0.225 e. The number of nitrogens with two attached hydrogens (primary N) is 1. The molecule has 2 N–H and O–H groups in total. The number of nitrogens with zero attached hydrogens (tertiary/aromatic N) is 1. The largest absolute Gasteiger partial charge is 0.367 e. The van der Waals surface area contributed by atoms with Crippen LogP contribution in [0, 0.1) is 11.8 Å². The third kappa shape index (κ3) is 2.74. The predicted molar refractivity (Wildman–Crippen MR) is 62.7 cm³/mol. The van der Waals surface area contributed by atoms with Crippen LogP contribution < -0.4 is 5.73 Å². The van der Waals surface area contributed by atoms with E-state index in [9.17, 15) is 0 Å². The quantitative estimate of drug-likeness (QED) is 0.830. The van der Waals surface area contributed by atoms with Gasteiger partial charge in [-0.2, -0.15) is 0 Å². The van der Waals surface area contributed by atoms with Crippen molar-refractivity contribution in [3.8, 4) is 0 Å². The molecule has 0 spiro atoms. The highest BCUT2D eigenvalue weighted by atomic mass is 16.5. The van der Waals surface area contributed by atoms with Crippen molar-refractivity contribution in [2.45, 2.75) is 47.0 Å². The Labute approximate surface area is 92.0 Å². The van der Waals surface area contributed by atoms with E-state index in [0.717, 1.165) is 17.7 Å². The van der Waals surface area contributed by atoms with Gasteiger partial charge in [0.15, 0.2) is 0 Å². The Kier molecular flexibility index (Phi) is 3.77. The molecular weight excluding hydrogens is 188 g/mol. The molecule has 1 atom stereocenters. The van der Waals surface area contributed by atoms with Gasteiger partial charge in [0, 0.05) is 11.5 Å². The summed E-state index contributed by atoms with van der Waals surface area (Å²) in [6, 6.07) is 0. The summed E-state index contributed by atoms with van der Waals surface area (Å²) in [5.74, 6) is 2.02. The molecule has 15 heavy (non-hydrogen) atoms. The van der Waals surface area contributed by atoms with Crippen molar-refractivity contribution in [3.05, 3.63) is 11.3 Å². The third-order valence-electron chi connectivity index (χ3n) is 2.89. The molecule has 1 rings (SSSR count). The van der Waals surface area contributed by atoms with E-state index in [1.54, 1.807) is 0 Å². The molecule has 1 aromatic rings. The van der Waals surface area contributed by atoms with E-state index >= 15 is 0 Å². The molecule has 0 aromatic carbocycles. The van der Waals surface area contributed by atoms with Crippen molar-refractivity contribution in [2.24, 2.45) is 11.8 Å². The number of aromatic nitrogens is 1. The van der Waals surface area contributed by atoms with Gasteiger partial charge in [0.2, 0.25) is 5.88 Å². The van der Waals surface area contributed by atoms with Crippen LogP contribution in [-0.2, 0) is 6.42 Å². The van der Waals surface area contributed by atoms with E-state index in [2.05, 4.69) is 39.8 Å². The molecule has 1 heterocycles. The van der Waals surface area contributed by atoms with Crippen molar-refractivity contribution >= 4 is 5.88 Å². The first kappa shape index (κ1) is 12.1. The van der Waals surface area contributed by atoms with Crippen LogP contribution in [0.4, 0.5) is 5.88 Å². The second kappa shape index (κ2) is 4.69. The summed E-state index contributed by atoms with van der Waals surface area (Å²) >= 11 is 0. The van der Waals surface area contributed by atoms with E-state index < -0.39 is 0 Å². The van der Waals surface area contributed by atoms with E-state index in [-0.39, 0.29) is 0 Å². The van der Waals surface area contributed by atoms with Crippen molar-refractivity contribution < 1.29 is 4.52 Å². The molecule has 86 valence electrons. The van der Waals surface area contributed by atoms with E-state index in [0.29, 0.717) is 23.6 Å². The Morgan fingerprint density at radius 1 is 1.20 bits per heavy atom. The molecule has 3 nitrogen and oxygen atoms in total. The lowest BCUT2D eigenvalue weighted by atomic mass is 9.90. The zero-order chi connectivity index (χ0) is 11.6. The molecule has 1 aromatic heterocycles. The van der Waals surface area contributed by atoms with Crippen molar-refractivity contribution in [1.82, 2.24) is 5.16 Å². The summed E-state index contributed by atoms with van der Waals surface area (Å²) in [6.45, 7) is 10.9. The zero-order valence-corrected chi connectivity index (χ0v) is 10.4. The molecule has 0 fully saturated rings. The second-order valence-electron chi connectivity index (χ2n) is 5.04. The molecule has 0 aliphatic rings. The molecule has 0 radical (unpaired) electrons. The Balaban J connectivity index is 2.97. The fourth-order valence-corrected chi connectivity index (χ4v) is 1.62. The van der Waals surface area contributed by atoms with Gasteiger partial charge in [-0.3, -0.25) is 0 Å². The monoisotopic (exact) mass is 210 g/mol. The number of hydrogen-bond donors (Lipinski definition) is 1. The summed E-state index contributed by atoms with van der Waals surface area (Å²) in [7, 11) is 0. The normalized spacial score (nSPS) is 13.8. The first-order valence-corrected chi connectivity index (χ1v) is 5.67. The molecule has 0 bridgehead atoms. The van der Waals surface area contributed by atoms with E-state index in [4.69, 9.17) is 10.3 Å². The maximum atomic E-state index is 5.80.